The van der Waals surface area contributed by atoms with Crippen LogP contribution in [-0.4, -0.2) is 16.1 Å². The second kappa shape index (κ2) is 5.05. The smallest absolute Gasteiger partial charge is 0.311 e. The van der Waals surface area contributed by atoms with Gasteiger partial charge in [-0.25, -0.2) is 9.37 Å². The maximum atomic E-state index is 12.8. The molecule has 17 heavy (non-hydrogen) atoms. The first-order valence-corrected chi connectivity index (χ1v) is 5.96. The van der Waals surface area contributed by atoms with Crippen LogP contribution in [0.4, 0.5) is 4.39 Å². The van der Waals surface area contributed by atoms with Gasteiger partial charge in [0.1, 0.15) is 5.82 Å². The van der Waals surface area contributed by atoms with Crippen molar-refractivity contribution in [3.8, 4) is 0 Å². The lowest BCUT2D eigenvalue weighted by molar-refractivity contribution is -0.138. The normalized spacial score (nSPS) is 12.3. The Balaban J connectivity index is 2.23. The largest absolute Gasteiger partial charge is 0.481 e. The van der Waals surface area contributed by atoms with Gasteiger partial charge in [0.2, 0.25) is 0 Å². The molecular formula is C12H10FNO2S. The van der Waals surface area contributed by atoms with Crippen LogP contribution in [0.15, 0.2) is 35.2 Å². The van der Waals surface area contributed by atoms with Gasteiger partial charge in [-0.05, 0) is 17.7 Å². The van der Waals surface area contributed by atoms with E-state index in [-0.39, 0.29) is 5.82 Å². The van der Waals surface area contributed by atoms with Crippen molar-refractivity contribution < 1.29 is 14.3 Å². The summed E-state index contributed by atoms with van der Waals surface area (Å²) >= 11 is 1.43. The Hall–Kier alpha value is -1.75. The predicted molar refractivity (Wildman–Crippen MR) is 62.6 cm³/mol. The van der Waals surface area contributed by atoms with Crippen LogP contribution >= 0.6 is 11.3 Å². The quantitative estimate of drug-likeness (QED) is 0.908. The summed E-state index contributed by atoms with van der Waals surface area (Å²) in [5.41, 5.74) is 3.00. The van der Waals surface area contributed by atoms with Gasteiger partial charge in [0.05, 0.1) is 17.1 Å². The summed E-state index contributed by atoms with van der Waals surface area (Å²) in [6.45, 7) is 0. The molecule has 1 N–H and O–H groups in total. The fourth-order valence-corrected chi connectivity index (χ4v) is 2.16. The maximum absolute atomic E-state index is 12.8. The topological polar surface area (TPSA) is 50.2 Å². The molecule has 2 rings (SSSR count). The molecule has 0 spiro atoms. The molecule has 1 aromatic heterocycles. The van der Waals surface area contributed by atoms with Gasteiger partial charge in [-0.2, -0.15) is 0 Å². The van der Waals surface area contributed by atoms with E-state index in [9.17, 15) is 14.3 Å². The Morgan fingerprint density at radius 3 is 2.65 bits per heavy atom. The van der Waals surface area contributed by atoms with Crippen molar-refractivity contribution in [2.75, 3.05) is 0 Å². The van der Waals surface area contributed by atoms with E-state index in [4.69, 9.17) is 0 Å². The number of aromatic nitrogens is 1. The number of carboxylic acid groups (broad SMARTS) is 1. The van der Waals surface area contributed by atoms with E-state index in [1.165, 1.54) is 35.6 Å². The second-order valence-electron chi connectivity index (χ2n) is 3.63. The van der Waals surface area contributed by atoms with Gasteiger partial charge in [-0.3, -0.25) is 4.79 Å². The summed E-state index contributed by atoms with van der Waals surface area (Å²) < 4.78 is 12.8. The fourth-order valence-electron chi connectivity index (χ4n) is 1.59. The Morgan fingerprint density at radius 2 is 2.12 bits per heavy atom. The molecule has 5 heteroatoms. The van der Waals surface area contributed by atoms with E-state index < -0.39 is 11.9 Å². The molecular weight excluding hydrogens is 241 g/mol. The second-order valence-corrected chi connectivity index (χ2v) is 4.34. The van der Waals surface area contributed by atoms with Crippen molar-refractivity contribution in [2.45, 2.75) is 12.3 Å². The van der Waals surface area contributed by atoms with Crippen molar-refractivity contribution in [2.24, 2.45) is 0 Å². The molecule has 0 radical (unpaired) electrons. The van der Waals surface area contributed by atoms with Crippen molar-refractivity contribution in [1.29, 1.82) is 0 Å². The zero-order valence-electron chi connectivity index (χ0n) is 8.84. The Morgan fingerprint density at radius 1 is 1.41 bits per heavy atom. The summed E-state index contributed by atoms with van der Waals surface area (Å²) in [6.07, 6.45) is 0.324. The van der Waals surface area contributed by atoms with E-state index in [0.29, 0.717) is 12.0 Å². The van der Waals surface area contributed by atoms with Crippen LogP contribution in [0.25, 0.3) is 0 Å². The number of nitrogens with zero attached hydrogens (tertiary/aromatic N) is 1. The van der Waals surface area contributed by atoms with E-state index in [1.807, 2.05) is 5.38 Å². The molecule has 0 amide bonds. The van der Waals surface area contributed by atoms with Gasteiger partial charge in [-0.15, -0.1) is 11.3 Å². The minimum absolute atomic E-state index is 0.324. The number of thiazole rings is 1. The van der Waals surface area contributed by atoms with E-state index in [1.54, 1.807) is 5.51 Å². The molecule has 3 nitrogen and oxygen atoms in total. The highest BCUT2D eigenvalue weighted by molar-refractivity contribution is 7.07. The lowest BCUT2D eigenvalue weighted by Crippen LogP contribution is -2.14. The molecule has 0 aliphatic rings. The lowest BCUT2D eigenvalue weighted by Gasteiger charge is -2.11. The highest BCUT2D eigenvalue weighted by Gasteiger charge is 2.21. The van der Waals surface area contributed by atoms with E-state index >= 15 is 0 Å². The Kier molecular flexibility index (Phi) is 3.49. The third-order valence-corrected chi connectivity index (χ3v) is 3.10. The highest BCUT2D eigenvalue weighted by atomic mass is 32.1. The lowest BCUT2D eigenvalue weighted by atomic mass is 9.95. The molecule has 0 aliphatic heterocycles. The van der Waals surface area contributed by atoms with Crippen molar-refractivity contribution in [3.63, 3.8) is 0 Å². The van der Waals surface area contributed by atoms with E-state index in [0.717, 1.165) is 5.69 Å². The molecule has 2 aromatic rings. The van der Waals surface area contributed by atoms with Crippen LogP contribution in [0, 0.1) is 5.82 Å². The molecule has 1 heterocycles. The van der Waals surface area contributed by atoms with Crippen LogP contribution in [0.5, 0.6) is 0 Å². The molecule has 1 aromatic carbocycles. The van der Waals surface area contributed by atoms with Gasteiger partial charge in [-0.1, -0.05) is 12.1 Å². The number of hydrogen-bond acceptors (Lipinski definition) is 3. The van der Waals surface area contributed by atoms with Gasteiger partial charge in [0, 0.05) is 11.8 Å². The van der Waals surface area contributed by atoms with Gasteiger partial charge < -0.3 is 5.11 Å². The molecule has 0 aliphatic carbocycles. The minimum atomic E-state index is -0.926. The number of carbonyl (C=O) groups is 1. The minimum Gasteiger partial charge on any atom is -0.481 e. The summed E-state index contributed by atoms with van der Waals surface area (Å²) in [5, 5.41) is 11.0. The Labute approximate surface area is 102 Å². The monoisotopic (exact) mass is 251 g/mol. The third kappa shape index (κ3) is 2.88. The summed E-state index contributed by atoms with van der Waals surface area (Å²) in [5.74, 6) is -1.98. The van der Waals surface area contributed by atoms with Crippen molar-refractivity contribution >= 4 is 17.3 Å². The highest BCUT2D eigenvalue weighted by Crippen LogP contribution is 2.21. The van der Waals surface area contributed by atoms with Crippen molar-refractivity contribution in [1.82, 2.24) is 4.98 Å². The summed E-state index contributed by atoms with van der Waals surface area (Å²) in [4.78, 5) is 15.3. The van der Waals surface area contributed by atoms with Crippen LogP contribution in [0.3, 0.4) is 0 Å². The number of aliphatic carboxylic acids is 1. The van der Waals surface area contributed by atoms with Gasteiger partial charge >= 0.3 is 5.97 Å². The number of rotatable bonds is 4. The number of halogens is 1. The molecule has 0 saturated carbocycles. The molecule has 0 fully saturated rings. The molecule has 0 saturated heterocycles. The van der Waals surface area contributed by atoms with Crippen LogP contribution in [-0.2, 0) is 11.2 Å². The van der Waals surface area contributed by atoms with Gasteiger partial charge in [0.15, 0.2) is 0 Å². The average Bonchev–Trinajstić information content (AvgIpc) is 2.80. The number of hydrogen-bond donors (Lipinski definition) is 1. The maximum Gasteiger partial charge on any atom is 0.311 e. The molecule has 0 bridgehead atoms. The van der Waals surface area contributed by atoms with Gasteiger partial charge in [0.25, 0.3) is 0 Å². The zero-order valence-corrected chi connectivity index (χ0v) is 9.65. The SMILES string of the molecule is O=C(O)C(Cc1cscn1)c1ccc(F)cc1. The fraction of sp³-hybridized carbons (Fsp3) is 0.167. The first-order valence-electron chi connectivity index (χ1n) is 5.02. The van der Waals surface area contributed by atoms with Crippen LogP contribution < -0.4 is 0 Å². The molecule has 1 unspecified atom stereocenters. The number of carboxylic acids is 1. The molecule has 88 valence electrons. The molecule has 1 atom stereocenters. The first-order chi connectivity index (χ1) is 8.16. The Bertz CT molecular complexity index is 496. The van der Waals surface area contributed by atoms with E-state index in [2.05, 4.69) is 4.98 Å². The average molecular weight is 251 g/mol. The third-order valence-electron chi connectivity index (χ3n) is 2.47. The first kappa shape index (κ1) is 11.7. The van der Waals surface area contributed by atoms with Crippen molar-refractivity contribution in [3.05, 3.63) is 52.2 Å². The van der Waals surface area contributed by atoms with Crippen LogP contribution in [0.1, 0.15) is 17.2 Å². The number of benzene rings is 1. The standard InChI is InChI=1S/C12H10FNO2S/c13-9-3-1-8(2-4-9)11(12(15)16)5-10-6-17-7-14-10/h1-4,6-7,11H,5H2,(H,15,16). The zero-order chi connectivity index (χ0) is 12.3. The predicted octanol–water partition coefficient (Wildman–Crippen LogP) is 2.69. The summed E-state index contributed by atoms with van der Waals surface area (Å²) in [7, 11) is 0. The van der Waals surface area contributed by atoms with Crippen LogP contribution in [0.2, 0.25) is 0 Å². The summed E-state index contributed by atoms with van der Waals surface area (Å²) in [6, 6.07) is 5.54.